The standard InChI is InChI=1S/C17H19NO3.C7H6O2/c1-18-7-6-17-10-3-5-13(20)16(17)21-15-12(19)4-2-9(14(15)17)8-11(10)18;8-7(9)6-4-2-1-3-5-6/h2,4,10-11,16,19H,3,5-8H2,1H3;1-5H,(H,8,9)/t10-,11+,16-,17-;/m0./s1. The number of piperidine rings is 1. The van der Waals surface area contributed by atoms with Crippen molar-refractivity contribution in [3.8, 4) is 11.5 Å². The van der Waals surface area contributed by atoms with Crippen molar-refractivity contribution in [2.24, 2.45) is 5.92 Å². The third-order valence-electron chi connectivity index (χ3n) is 7.41. The maximum absolute atomic E-state index is 12.5. The molecule has 2 aromatic rings. The lowest BCUT2D eigenvalue weighted by atomic mass is 9.52. The summed E-state index contributed by atoms with van der Waals surface area (Å²) in [7, 11) is 2.20. The fraction of sp³-hybridized carbons (Fsp3) is 0.417. The molecule has 0 amide bonds. The molecule has 2 aromatic carbocycles. The maximum Gasteiger partial charge on any atom is 0.335 e. The molecule has 156 valence electrons. The van der Waals surface area contributed by atoms with E-state index in [9.17, 15) is 14.7 Å². The highest BCUT2D eigenvalue weighted by molar-refractivity contribution is 5.89. The first kappa shape index (κ1) is 19.1. The van der Waals surface area contributed by atoms with E-state index in [0.717, 1.165) is 31.4 Å². The Morgan fingerprint density at radius 3 is 2.67 bits per heavy atom. The van der Waals surface area contributed by atoms with Crippen LogP contribution in [0.15, 0.2) is 42.5 Å². The zero-order chi connectivity index (χ0) is 21.0. The highest BCUT2D eigenvalue weighted by Crippen LogP contribution is 2.62. The number of hydrogen-bond acceptors (Lipinski definition) is 5. The molecule has 6 heteroatoms. The largest absolute Gasteiger partial charge is 0.504 e. The summed E-state index contributed by atoms with van der Waals surface area (Å²) in [6.45, 7) is 1.00. The third-order valence-corrected chi connectivity index (χ3v) is 7.41. The van der Waals surface area contributed by atoms with Gasteiger partial charge in [0, 0.05) is 23.4 Å². The lowest BCUT2D eigenvalue weighted by Crippen LogP contribution is -2.65. The predicted molar refractivity (Wildman–Crippen MR) is 110 cm³/mol. The van der Waals surface area contributed by atoms with E-state index in [-0.39, 0.29) is 23.1 Å². The number of carboxylic acid groups (broad SMARTS) is 1. The van der Waals surface area contributed by atoms with Crippen molar-refractivity contribution >= 4 is 11.8 Å². The van der Waals surface area contributed by atoms with Crippen LogP contribution in [0.5, 0.6) is 11.5 Å². The Bertz CT molecular complexity index is 1020. The van der Waals surface area contributed by atoms with E-state index >= 15 is 0 Å². The average Bonchev–Trinajstić information content (AvgIpc) is 3.11. The monoisotopic (exact) mass is 407 g/mol. The summed E-state index contributed by atoms with van der Waals surface area (Å²) in [6.07, 6.45) is 3.18. The van der Waals surface area contributed by atoms with Gasteiger partial charge in [0.1, 0.15) is 0 Å². The summed E-state index contributed by atoms with van der Waals surface area (Å²) in [5.74, 6) is 0.616. The summed E-state index contributed by atoms with van der Waals surface area (Å²) < 4.78 is 6.04. The number of likely N-dealkylation sites (tertiary alicyclic amines) is 1. The van der Waals surface area contributed by atoms with Gasteiger partial charge in [-0.1, -0.05) is 24.3 Å². The second-order valence-electron chi connectivity index (χ2n) is 8.77. The van der Waals surface area contributed by atoms with Crippen LogP contribution in [0.1, 0.15) is 40.7 Å². The van der Waals surface area contributed by atoms with Gasteiger partial charge in [-0.15, -0.1) is 0 Å². The molecule has 0 aromatic heterocycles. The van der Waals surface area contributed by atoms with Crippen molar-refractivity contribution in [2.75, 3.05) is 13.6 Å². The molecule has 1 saturated heterocycles. The lowest BCUT2D eigenvalue weighted by molar-refractivity contribution is -0.138. The van der Waals surface area contributed by atoms with Gasteiger partial charge in [-0.2, -0.15) is 0 Å². The van der Waals surface area contributed by atoms with Gasteiger partial charge in [0.15, 0.2) is 23.4 Å². The molecule has 0 radical (unpaired) electrons. The molecular formula is C24H25NO5. The molecular weight excluding hydrogens is 382 g/mol. The number of hydrogen-bond donors (Lipinski definition) is 2. The minimum absolute atomic E-state index is 0.172. The summed E-state index contributed by atoms with van der Waals surface area (Å²) in [6, 6.07) is 12.6. The van der Waals surface area contributed by atoms with Crippen LogP contribution in [0.2, 0.25) is 0 Å². The van der Waals surface area contributed by atoms with E-state index in [2.05, 4.69) is 11.9 Å². The molecule has 2 heterocycles. The van der Waals surface area contributed by atoms with E-state index in [0.29, 0.717) is 29.7 Å². The van der Waals surface area contributed by atoms with Crippen molar-refractivity contribution in [3.05, 3.63) is 59.2 Å². The summed E-state index contributed by atoms with van der Waals surface area (Å²) in [4.78, 5) is 25.1. The number of carbonyl (C=O) groups is 2. The van der Waals surface area contributed by atoms with Gasteiger partial charge < -0.3 is 19.8 Å². The number of ketones is 1. The number of benzene rings is 2. The van der Waals surface area contributed by atoms with Gasteiger partial charge in [-0.3, -0.25) is 4.79 Å². The van der Waals surface area contributed by atoms with E-state index in [1.165, 1.54) is 5.56 Å². The van der Waals surface area contributed by atoms with Gasteiger partial charge in [0.05, 0.1) is 5.56 Å². The molecule has 6 nitrogen and oxygen atoms in total. The molecule has 6 rings (SSSR count). The molecule has 2 aliphatic carbocycles. The van der Waals surface area contributed by atoms with Crippen molar-refractivity contribution in [1.29, 1.82) is 0 Å². The number of aromatic hydroxyl groups is 1. The Morgan fingerprint density at radius 2 is 1.97 bits per heavy atom. The number of nitrogens with zero attached hydrogens (tertiary/aromatic N) is 1. The number of Topliss-reactive ketones (excluding diaryl/α,β-unsaturated/α-hetero) is 1. The Morgan fingerprint density at radius 1 is 1.20 bits per heavy atom. The van der Waals surface area contributed by atoms with Crippen LogP contribution in [-0.2, 0) is 16.6 Å². The molecule has 1 spiro atoms. The molecule has 0 unspecified atom stereocenters. The fourth-order valence-corrected chi connectivity index (χ4v) is 6.10. The number of carbonyl (C=O) groups excluding carboxylic acids is 1. The lowest BCUT2D eigenvalue weighted by Gasteiger charge is -2.57. The summed E-state index contributed by atoms with van der Waals surface area (Å²) in [5.41, 5.74) is 2.59. The maximum atomic E-state index is 12.5. The smallest absolute Gasteiger partial charge is 0.335 e. The Hall–Kier alpha value is -2.86. The van der Waals surface area contributed by atoms with E-state index in [1.54, 1.807) is 36.4 Å². The van der Waals surface area contributed by atoms with Crippen LogP contribution in [-0.4, -0.2) is 52.6 Å². The predicted octanol–water partition coefficient (Wildman–Crippen LogP) is 3.02. The van der Waals surface area contributed by atoms with Crippen LogP contribution in [0.25, 0.3) is 0 Å². The van der Waals surface area contributed by atoms with Crippen LogP contribution in [0.4, 0.5) is 0 Å². The van der Waals surface area contributed by atoms with E-state index in [1.807, 2.05) is 6.07 Å². The van der Waals surface area contributed by atoms with E-state index in [4.69, 9.17) is 9.84 Å². The number of ether oxygens (including phenoxy) is 1. The molecule has 4 aliphatic rings. The molecule has 2 N–H and O–H groups in total. The zero-order valence-electron chi connectivity index (χ0n) is 16.9. The molecule has 30 heavy (non-hydrogen) atoms. The third kappa shape index (κ3) is 2.59. The second-order valence-corrected chi connectivity index (χ2v) is 8.77. The number of phenolic OH excluding ortho intramolecular Hbond substituents is 1. The Kier molecular flexibility index (Phi) is 4.36. The second kappa shape index (κ2) is 6.84. The molecule has 1 saturated carbocycles. The van der Waals surface area contributed by atoms with Crippen LogP contribution in [0.3, 0.4) is 0 Å². The van der Waals surface area contributed by atoms with E-state index < -0.39 is 5.97 Å². The van der Waals surface area contributed by atoms with Gasteiger partial charge in [0.25, 0.3) is 0 Å². The van der Waals surface area contributed by atoms with Crippen molar-refractivity contribution in [1.82, 2.24) is 4.90 Å². The summed E-state index contributed by atoms with van der Waals surface area (Å²) in [5, 5.41) is 18.6. The minimum Gasteiger partial charge on any atom is -0.504 e. The molecule has 2 bridgehead atoms. The van der Waals surface area contributed by atoms with Crippen molar-refractivity contribution < 1.29 is 24.5 Å². The highest BCUT2D eigenvalue weighted by Gasteiger charge is 2.65. The number of aromatic carboxylic acids is 1. The number of rotatable bonds is 1. The molecule has 4 atom stereocenters. The number of carboxylic acids is 1. The molecule has 2 fully saturated rings. The Labute approximate surface area is 175 Å². The normalized spacial score (nSPS) is 30.6. The van der Waals surface area contributed by atoms with Gasteiger partial charge in [0.2, 0.25) is 0 Å². The number of phenols is 1. The van der Waals surface area contributed by atoms with Gasteiger partial charge in [-0.25, -0.2) is 4.79 Å². The average molecular weight is 407 g/mol. The first-order valence-electron chi connectivity index (χ1n) is 10.5. The highest BCUT2D eigenvalue weighted by atomic mass is 16.5. The van der Waals surface area contributed by atoms with Crippen molar-refractivity contribution in [3.63, 3.8) is 0 Å². The quantitative estimate of drug-likeness (QED) is 0.756. The minimum atomic E-state index is -0.879. The van der Waals surface area contributed by atoms with Crippen LogP contribution < -0.4 is 4.74 Å². The van der Waals surface area contributed by atoms with Crippen LogP contribution in [0, 0.1) is 5.92 Å². The van der Waals surface area contributed by atoms with Gasteiger partial charge in [-0.05, 0) is 62.5 Å². The first-order valence-corrected chi connectivity index (χ1v) is 10.5. The topological polar surface area (TPSA) is 87.1 Å². The summed E-state index contributed by atoms with van der Waals surface area (Å²) >= 11 is 0. The molecule has 2 aliphatic heterocycles. The van der Waals surface area contributed by atoms with Crippen molar-refractivity contribution in [2.45, 2.75) is 43.2 Å². The Balaban J connectivity index is 0.000000182. The SMILES string of the molecule is CN1CC[C@]23c4c5ccc(O)c4O[C@H]2C(=O)CC[C@H]3[C@H]1C5.O=C(O)c1ccccc1. The number of likely N-dealkylation sites (N-methyl/N-ethyl adjacent to an activating group) is 1. The van der Waals surface area contributed by atoms with Crippen LogP contribution >= 0.6 is 0 Å². The van der Waals surface area contributed by atoms with Gasteiger partial charge >= 0.3 is 5.97 Å². The first-order chi connectivity index (χ1) is 14.4. The zero-order valence-corrected chi connectivity index (χ0v) is 16.9. The fourth-order valence-electron chi connectivity index (χ4n) is 6.10.